The second kappa shape index (κ2) is 69.0. The molecular formula is C76H126O6. The number of esters is 3. The molecule has 0 fully saturated rings. The summed E-state index contributed by atoms with van der Waals surface area (Å²) in [5.41, 5.74) is 0. The van der Waals surface area contributed by atoms with Gasteiger partial charge in [0.25, 0.3) is 0 Å². The molecule has 0 heterocycles. The van der Waals surface area contributed by atoms with Crippen LogP contribution in [0.2, 0.25) is 0 Å². The maximum Gasteiger partial charge on any atom is 0.306 e. The highest BCUT2D eigenvalue weighted by Gasteiger charge is 2.19. The number of carbonyl (C=O) groups excluding carboxylic acids is 3. The van der Waals surface area contributed by atoms with Gasteiger partial charge in [-0.2, -0.15) is 0 Å². The Bertz CT molecular complexity index is 1730. The van der Waals surface area contributed by atoms with Crippen molar-refractivity contribution in [1.29, 1.82) is 0 Å². The average molecular weight is 1140 g/mol. The van der Waals surface area contributed by atoms with Gasteiger partial charge in [0.2, 0.25) is 0 Å². The van der Waals surface area contributed by atoms with Gasteiger partial charge in [-0.3, -0.25) is 14.4 Å². The number of unbranched alkanes of at least 4 members (excludes halogenated alkanes) is 28. The molecule has 6 nitrogen and oxygen atoms in total. The number of hydrogen-bond donors (Lipinski definition) is 0. The molecule has 0 saturated carbocycles. The standard InChI is InChI=1S/C76H126O6/c1-4-7-10-13-16-19-22-25-28-30-32-33-34-35-36-37-38-39-40-41-42-43-44-46-48-51-54-57-60-63-66-69-75(78)81-72-73(71-80-74(77)68-65-62-59-56-53-50-47-27-24-21-18-15-12-9-6-3)82-76(79)70-67-64-61-58-55-52-49-45-31-29-26-23-20-17-14-11-8-5-2/h7,10,16,18-19,21,25,27-28,32-33,35-36,38-39,41-42,44,46-47,51,54,73H,4-6,8-9,11-15,17,20,22-24,26,29-31,34,37,40,43,45,48-50,52-53,55-72H2,1-3H3/b10-7-,19-16-,21-18-,28-25-,33-32-,36-35-,39-38-,42-41-,46-44-,47-27-,54-51-. The van der Waals surface area contributed by atoms with E-state index in [1.165, 1.54) is 122 Å². The summed E-state index contributed by atoms with van der Waals surface area (Å²) >= 11 is 0. The van der Waals surface area contributed by atoms with Gasteiger partial charge in [0.05, 0.1) is 0 Å². The van der Waals surface area contributed by atoms with Gasteiger partial charge in [-0.25, -0.2) is 0 Å². The first kappa shape index (κ1) is 77.5. The third-order valence-corrected chi connectivity index (χ3v) is 14.4. The molecule has 0 amide bonds. The predicted octanol–water partition coefficient (Wildman–Crippen LogP) is 23.7. The normalized spacial score (nSPS) is 13.0. The summed E-state index contributed by atoms with van der Waals surface area (Å²) < 4.78 is 16.9. The Hall–Kier alpha value is -4.45. The van der Waals surface area contributed by atoms with Gasteiger partial charge in [-0.05, 0) is 122 Å². The molecule has 6 heteroatoms. The lowest BCUT2D eigenvalue weighted by Gasteiger charge is -2.18. The van der Waals surface area contributed by atoms with E-state index in [1.54, 1.807) is 0 Å². The fourth-order valence-electron chi connectivity index (χ4n) is 9.29. The highest BCUT2D eigenvalue weighted by Crippen LogP contribution is 2.16. The first-order valence-electron chi connectivity index (χ1n) is 34.2. The van der Waals surface area contributed by atoms with E-state index in [1.807, 2.05) is 0 Å². The predicted molar refractivity (Wildman–Crippen MR) is 357 cm³/mol. The lowest BCUT2D eigenvalue weighted by molar-refractivity contribution is -0.167. The van der Waals surface area contributed by atoms with Crippen molar-refractivity contribution in [1.82, 2.24) is 0 Å². The Morgan fingerprint density at radius 3 is 0.780 bits per heavy atom. The van der Waals surface area contributed by atoms with Crippen LogP contribution in [0.3, 0.4) is 0 Å². The lowest BCUT2D eigenvalue weighted by Crippen LogP contribution is -2.30. The molecule has 0 aromatic rings. The van der Waals surface area contributed by atoms with E-state index in [2.05, 4.69) is 154 Å². The zero-order valence-corrected chi connectivity index (χ0v) is 53.5. The minimum Gasteiger partial charge on any atom is -0.462 e. The van der Waals surface area contributed by atoms with Crippen LogP contribution in [-0.4, -0.2) is 37.2 Å². The van der Waals surface area contributed by atoms with Crippen LogP contribution in [-0.2, 0) is 28.6 Å². The van der Waals surface area contributed by atoms with Crippen LogP contribution < -0.4 is 0 Å². The van der Waals surface area contributed by atoms with Crippen LogP contribution in [0.1, 0.15) is 310 Å². The molecule has 0 bridgehead atoms. The minimum atomic E-state index is -0.802. The van der Waals surface area contributed by atoms with Gasteiger partial charge in [-0.1, -0.05) is 302 Å². The number of carbonyl (C=O) groups is 3. The third-order valence-electron chi connectivity index (χ3n) is 14.4. The molecule has 0 rings (SSSR count). The molecule has 1 atom stereocenters. The van der Waals surface area contributed by atoms with Gasteiger partial charge in [0.15, 0.2) is 6.10 Å². The van der Waals surface area contributed by atoms with Crippen molar-refractivity contribution in [3.8, 4) is 0 Å². The molecule has 0 radical (unpaired) electrons. The Morgan fingerprint density at radius 1 is 0.256 bits per heavy atom. The number of allylic oxidation sites excluding steroid dienone is 22. The molecule has 0 aliphatic rings. The van der Waals surface area contributed by atoms with Crippen LogP contribution in [0.4, 0.5) is 0 Å². The summed E-state index contributed by atoms with van der Waals surface area (Å²) in [7, 11) is 0. The van der Waals surface area contributed by atoms with Gasteiger partial charge >= 0.3 is 17.9 Å². The molecule has 466 valence electrons. The summed E-state index contributed by atoms with van der Waals surface area (Å²) in [5, 5.41) is 0. The van der Waals surface area contributed by atoms with Crippen molar-refractivity contribution >= 4 is 17.9 Å². The molecular weight excluding hydrogens is 1010 g/mol. The monoisotopic (exact) mass is 1130 g/mol. The van der Waals surface area contributed by atoms with Gasteiger partial charge in [0.1, 0.15) is 13.2 Å². The maximum atomic E-state index is 12.9. The van der Waals surface area contributed by atoms with Crippen molar-refractivity contribution in [2.45, 2.75) is 316 Å². The molecule has 0 saturated heterocycles. The van der Waals surface area contributed by atoms with Crippen LogP contribution in [0.15, 0.2) is 134 Å². The van der Waals surface area contributed by atoms with E-state index in [9.17, 15) is 14.4 Å². The first-order chi connectivity index (χ1) is 40.5. The van der Waals surface area contributed by atoms with Gasteiger partial charge in [0, 0.05) is 19.3 Å². The average Bonchev–Trinajstić information content (AvgIpc) is 3.47. The second-order valence-electron chi connectivity index (χ2n) is 22.4. The summed E-state index contributed by atoms with van der Waals surface area (Å²) in [6, 6.07) is 0. The molecule has 0 spiro atoms. The molecule has 82 heavy (non-hydrogen) atoms. The van der Waals surface area contributed by atoms with Crippen molar-refractivity contribution in [2.75, 3.05) is 13.2 Å². The third kappa shape index (κ3) is 66.4. The summed E-state index contributed by atoms with van der Waals surface area (Å²) in [5.74, 6) is -0.935. The van der Waals surface area contributed by atoms with Crippen LogP contribution in [0, 0.1) is 0 Å². The van der Waals surface area contributed by atoms with Gasteiger partial charge in [-0.15, -0.1) is 0 Å². The molecule has 0 N–H and O–H groups in total. The van der Waals surface area contributed by atoms with E-state index in [0.29, 0.717) is 19.3 Å². The highest BCUT2D eigenvalue weighted by molar-refractivity contribution is 5.71. The van der Waals surface area contributed by atoms with E-state index in [0.717, 1.165) is 148 Å². The van der Waals surface area contributed by atoms with E-state index in [4.69, 9.17) is 14.2 Å². The Kier molecular flexibility index (Phi) is 65.3. The summed E-state index contributed by atoms with van der Waals surface area (Å²) in [4.78, 5) is 38.4. The molecule has 0 aromatic carbocycles. The zero-order valence-electron chi connectivity index (χ0n) is 53.5. The molecule has 1 unspecified atom stereocenters. The Balaban J connectivity index is 4.41. The second-order valence-corrected chi connectivity index (χ2v) is 22.4. The van der Waals surface area contributed by atoms with Crippen molar-refractivity contribution < 1.29 is 28.6 Å². The smallest absolute Gasteiger partial charge is 0.306 e. The van der Waals surface area contributed by atoms with E-state index >= 15 is 0 Å². The quantitative estimate of drug-likeness (QED) is 0.0261. The number of hydrogen-bond acceptors (Lipinski definition) is 6. The lowest BCUT2D eigenvalue weighted by atomic mass is 10.0. The van der Waals surface area contributed by atoms with Crippen molar-refractivity contribution in [3.63, 3.8) is 0 Å². The largest absolute Gasteiger partial charge is 0.462 e. The number of rotatable bonds is 61. The Morgan fingerprint density at radius 2 is 0.476 bits per heavy atom. The van der Waals surface area contributed by atoms with Crippen LogP contribution >= 0.6 is 0 Å². The van der Waals surface area contributed by atoms with Crippen molar-refractivity contribution in [2.24, 2.45) is 0 Å². The van der Waals surface area contributed by atoms with Crippen molar-refractivity contribution in [3.05, 3.63) is 134 Å². The van der Waals surface area contributed by atoms with E-state index in [-0.39, 0.29) is 31.1 Å². The first-order valence-corrected chi connectivity index (χ1v) is 34.2. The van der Waals surface area contributed by atoms with Gasteiger partial charge < -0.3 is 14.2 Å². The fourth-order valence-corrected chi connectivity index (χ4v) is 9.29. The highest BCUT2D eigenvalue weighted by atomic mass is 16.6. The fraction of sp³-hybridized carbons (Fsp3) is 0.671. The van der Waals surface area contributed by atoms with Crippen LogP contribution in [0.5, 0.6) is 0 Å². The maximum absolute atomic E-state index is 12.9. The topological polar surface area (TPSA) is 78.9 Å². The van der Waals surface area contributed by atoms with E-state index < -0.39 is 6.10 Å². The number of ether oxygens (including phenoxy) is 3. The molecule has 0 aliphatic carbocycles. The molecule has 0 aliphatic heterocycles. The molecule has 0 aromatic heterocycles. The Labute approximate surface area is 506 Å². The minimum absolute atomic E-state index is 0.0967. The summed E-state index contributed by atoms with van der Waals surface area (Å²) in [6.45, 7) is 6.49. The summed E-state index contributed by atoms with van der Waals surface area (Å²) in [6.07, 6.45) is 97.5. The van der Waals surface area contributed by atoms with Crippen LogP contribution in [0.25, 0.3) is 0 Å². The zero-order chi connectivity index (χ0) is 59.2. The SMILES string of the molecule is CC/C=C\C/C=C\C/C=C\C/C=C\C/C=C\C/C=C\C/C=C\C/C=C\C/C=C\CCCCCC(=O)OCC(COC(=O)CCCCCCC/C=C\C/C=C\CCCCC)OC(=O)CCCCCCCCCCCCCCCCCCCC.